The summed E-state index contributed by atoms with van der Waals surface area (Å²) in [4.78, 5) is 7.33. The van der Waals surface area contributed by atoms with Crippen molar-refractivity contribution >= 4 is 6.21 Å². The molecule has 26 heavy (non-hydrogen) atoms. The van der Waals surface area contributed by atoms with Gasteiger partial charge in [0.2, 0.25) is 6.79 Å². The van der Waals surface area contributed by atoms with Crippen molar-refractivity contribution < 1.29 is 9.47 Å². The van der Waals surface area contributed by atoms with E-state index >= 15 is 0 Å². The number of nitrogens with zero attached hydrogens (tertiary/aromatic N) is 2. The van der Waals surface area contributed by atoms with Crippen molar-refractivity contribution in [2.24, 2.45) is 22.7 Å². The summed E-state index contributed by atoms with van der Waals surface area (Å²) >= 11 is 0. The van der Waals surface area contributed by atoms with Crippen LogP contribution >= 0.6 is 0 Å². The van der Waals surface area contributed by atoms with Gasteiger partial charge in [-0.25, -0.2) is 0 Å². The number of ether oxygens (including phenoxy) is 2. The van der Waals surface area contributed by atoms with Gasteiger partial charge in [0.1, 0.15) is 0 Å². The first kappa shape index (κ1) is 16.1. The van der Waals surface area contributed by atoms with Gasteiger partial charge in [-0.3, -0.25) is 4.99 Å². The maximum Gasteiger partial charge on any atom is 0.231 e. The normalized spacial score (nSPS) is 30.1. The van der Waals surface area contributed by atoms with Crippen LogP contribution in [0, 0.1) is 17.8 Å². The van der Waals surface area contributed by atoms with E-state index < -0.39 is 0 Å². The molecule has 0 spiro atoms. The van der Waals surface area contributed by atoms with E-state index in [1.807, 2.05) is 0 Å². The molecule has 3 heterocycles. The van der Waals surface area contributed by atoms with E-state index in [1.54, 1.807) is 0 Å². The SMILES string of the molecule is C1=CC2N=CC(CN3CCC(Cc4ccc5c(c4)OCO5)CC3)C2C=C1. The number of hydrogen-bond acceptors (Lipinski definition) is 4. The summed E-state index contributed by atoms with van der Waals surface area (Å²) in [6.07, 6.45) is 14.8. The fourth-order valence-corrected chi connectivity index (χ4v) is 4.71. The van der Waals surface area contributed by atoms with E-state index in [2.05, 4.69) is 53.6 Å². The Morgan fingerprint density at radius 2 is 1.88 bits per heavy atom. The third-order valence-corrected chi connectivity index (χ3v) is 6.23. The molecule has 3 atom stereocenters. The number of rotatable bonds is 4. The molecular formula is C22H26N2O2. The third-order valence-electron chi connectivity index (χ3n) is 6.23. The van der Waals surface area contributed by atoms with Crippen LogP contribution < -0.4 is 9.47 Å². The number of piperidine rings is 1. The van der Waals surface area contributed by atoms with Crippen molar-refractivity contribution in [1.29, 1.82) is 0 Å². The molecule has 136 valence electrons. The molecule has 1 saturated heterocycles. The van der Waals surface area contributed by atoms with Gasteiger partial charge in [-0.05, 0) is 56.0 Å². The molecule has 4 heteroatoms. The van der Waals surface area contributed by atoms with Gasteiger partial charge >= 0.3 is 0 Å². The van der Waals surface area contributed by atoms with Gasteiger partial charge in [-0.1, -0.05) is 30.4 Å². The van der Waals surface area contributed by atoms with Gasteiger partial charge in [0.05, 0.1) is 6.04 Å². The molecule has 4 nitrogen and oxygen atoms in total. The van der Waals surface area contributed by atoms with Crippen molar-refractivity contribution in [3.63, 3.8) is 0 Å². The quantitative estimate of drug-likeness (QED) is 0.834. The van der Waals surface area contributed by atoms with Crippen LogP contribution in [0.3, 0.4) is 0 Å². The van der Waals surface area contributed by atoms with E-state index in [0.717, 1.165) is 30.4 Å². The lowest BCUT2D eigenvalue weighted by molar-refractivity contribution is 0.166. The van der Waals surface area contributed by atoms with E-state index in [9.17, 15) is 0 Å². The minimum atomic E-state index is 0.356. The van der Waals surface area contributed by atoms with Crippen LogP contribution in [0.25, 0.3) is 0 Å². The highest BCUT2D eigenvalue weighted by atomic mass is 16.7. The molecule has 1 aromatic rings. The molecule has 4 aliphatic rings. The fraction of sp³-hybridized carbons (Fsp3) is 0.500. The molecule has 1 fully saturated rings. The van der Waals surface area contributed by atoms with Gasteiger partial charge < -0.3 is 14.4 Å². The van der Waals surface area contributed by atoms with Crippen LogP contribution in [0.1, 0.15) is 18.4 Å². The molecule has 3 aliphatic heterocycles. The van der Waals surface area contributed by atoms with Gasteiger partial charge in [0, 0.05) is 24.6 Å². The zero-order valence-electron chi connectivity index (χ0n) is 15.1. The molecule has 5 rings (SSSR count). The second kappa shape index (κ2) is 6.92. The molecule has 1 aliphatic carbocycles. The van der Waals surface area contributed by atoms with Gasteiger partial charge in [0.15, 0.2) is 11.5 Å². The number of aliphatic imine (C=N–C) groups is 1. The lowest BCUT2D eigenvalue weighted by atomic mass is 9.85. The molecule has 0 radical (unpaired) electrons. The zero-order chi connectivity index (χ0) is 17.3. The Balaban J connectivity index is 1.13. The van der Waals surface area contributed by atoms with Gasteiger partial charge in [0.25, 0.3) is 0 Å². The Bertz CT molecular complexity index is 747. The van der Waals surface area contributed by atoms with Crippen LogP contribution in [-0.4, -0.2) is 43.6 Å². The van der Waals surface area contributed by atoms with E-state index in [1.165, 1.54) is 31.5 Å². The highest BCUT2D eigenvalue weighted by molar-refractivity contribution is 5.66. The van der Waals surface area contributed by atoms with E-state index in [0.29, 0.717) is 24.7 Å². The van der Waals surface area contributed by atoms with Crippen LogP contribution in [0.5, 0.6) is 11.5 Å². The molecule has 1 aromatic carbocycles. The highest BCUT2D eigenvalue weighted by Crippen LogP contribution is 2.34. The first-order valence-corrected chi connectivity index (χ1v) is 9.84. The highest BCUT2D eigenvalue weighted by Gasteiger charge is 2.32. The number of hydrogen-bond donors (Lipinski definition) is 0. The number of likely N-dealkylation sites (tertiary alicyclic amines) is 1. The zero-order valence-corrected chi connectivity index (χ0v) is 15.1. The number of allylic oxidation sites excluding steroid dienone is 2. The Morgan fingerprint density at radius 1 is 1.04 bits per heavy atom. The topological polar surface area (TPSA) is 34.1 Å². The van der Waals surface area contributed by atoms with Gasteiger partial charge in [-0.2, -0.15) is 0 Å². The Hall–Kier alpha value is -2.07. The lowest BCUT2D eigenvalue weighted by Gasteiger charge is -2.34. The largest absolute Gasteiger partial charge is 0.454 e. The summed E-state index contributed by atoms with van der Waals surface area (Å²) < 4.78 is 10.9. The molecule has 0 aromatic heterocycles. The summed E-state index contributed by atoms with van der Waals surface area (Å²) in [6, 6.07) is 6.79. The molecule has 0 N–H and O–H groups in total. The number of benzene rings is 1. The molecule has 3 unspecified atom stereocenters. The molecular weight excluding hydrogens is 324 g/mol. The average Bonchev–Trinajstić information content (AvgIpc) is 3.30. The maximum atomic E-state index is 5.51. The second-order valence-electron chi connectivity index (χ2n) is 7.94. The van der Waals surface area contributed by atoms with E-state index in [-0.39, 0.29) is 0 Å². The van der Waals surface area contributed by atoms with Crippen LogP contribution in [0.4, 0.5) is 0 Å². The fourth-order valence-electron chi connectivity index (χ4n) is 4.71. The summed E-state index contributed by atoms with van der Waals surface area (Å²) in [5.41, 5.74) is 1.37. The predicted molar refractivity (Wildman–Crippen MR) is 103 cm³/mol. The maximum absolute atomic E-state index is 5.51. The summed E-state index contributed by atoms with van der Waals surface area (Å²) in [7, 11) is 0. The smallest absolute Gasteiger partial charge is 0.231 e. The Kier molecular flexibility index (Phi) is 4.29. The summed E-state index contributed by atoms with van der Waals surface area (Å²) in [6.45, 7) is 3.92. The molecule has 0 saturated carbocycles. The minimum absolute atomic E-state index is 0.356. The Labute approximate surface area is 155 Å². The second-order valence-corrected chi connectivity index (χ2v) is 7.94. The van der Waals surface area contributed by atoms with Crippen LogP contribution in [-0.2, 0) is 6.42 Å². The lowest BCUT2D eigenvalue weighted by Crippen LogP contribution is -2.39. The van der Waals surface area contributed by atoms with Crippen LogP contribution in [0.2, 0.25) is 0 Å². The molecule has 0 bridgehead atoms. The summed E-state index contributed by atoms with van der Waals surface area (Å²) in [5.74, 6) is 3.71. The average molecular weight is 350 g/mol. The van der Waals surface area contributed by atoms with Crippen molar-refractivity contribution in [3.8, 4) is 11.5 Å². The van der Waals surface area contributed by atoms with Crippen molar-refractivity contribution in [1.82, 2.24) is 4.90 Å². The minimum Gasteiger partial charge on any atom is -0.454 e. The first-order valence-electron chi connectivity index (χ1n) is 9.84. The summed E-state index contributed by atoms with van der Waals surface area (Å²) in [5, 5.41) is 0. The van der Waals surface area contributed by atoms with Crippen molar-refractivity contribution in [3.05, 3.63) is 48.1 Å². The Morgan fingerprint density at radius 3 is 2.81 bits per heavy atom. The number of fused-ring (bicyclic) bond motifs is 2. The molecule has 0 amide bonds. The van der Waals surface area contributed by atoms with Gasteiger partial charge in [-0.15, -0.1) is 0 Å². The monoisotopic (exact) mass is 350 g/mol. The van der Waals surface area contributed by atoms with Crippen molar-refractivity contribution in [2.45, 2.75) is 25.3 Å². The van der Waals surface area contributed by atoms with E-state index in [4.69, 9.17) is 14.5 Å². The standard InChI is InChI=1S/C22H26N2O2/c1-2-4-20-19(3-1)18(13-23-20)14-24-9-7-16(8-10-24)11-17-5-6-21-22(12-17)26-15-25-21/h1-6,12-13,16,18-20H,7-11,14-15H2. The van der Waals surface area contributed by atoms with Crippen LogP contribution in [0.15, 0.2) is 47.5 Å². The third kappa shape index (κ3) is 3.18. The first-order chi connectivity index (χ1) is 12.8. The van der Waals surface area contributed by atoms with Crippen molar-refractivity contribution in [2.75, 3.05) is 26.4 Å². The predicted octanol–water partition coefficient (Wildman–Crippen LogP) is 3.48.